The van der Waals surface area contributed by atoms with Crippen molar-refractivity contribution in [2.45, 2.75) is 32.7 Å². The Hall–Kier alpha value is -2.13. The van der Waals surface area contributed by atoms with E-state index in [1.807, 2.05) is 12.1 Å². The summed E-state index contributed by atoms with van der Waals surface area (Å²) in [6.45, 7) is 6.21. The van der Waals surface area contributed by atoms with Crippen molar-refractivity contribution >= 4 is 37.5 Å². The number of carbonyl (C=O) groups is 1. The van der Waals surface area contributed by atoms with E-state index in [1.54, 1.807) is 6.07 Å². The van der Waals surface area contributed by atoms with Gasteiger partial charge in [-0.2, -0.15) is 0 Å². The van der Waals surface area contributed by atoms with Crippen LogP contribution in [0.1, 0.15) is 31.9 Å². The lowest BCUT2D eigenvalue weighted by Gasteiger charge is -2.20. The molecule has 0 saturated carbocycles. The van der Waals surface area contributed by atoms with Crippen molar-refractivity contribution in [2.24, 2.45) is 0 Å². The summed E-state index contributed by atoms with van der Waals surface area (Å²) in [4.78, 5) is 12.0. The number of amides is 1. The Labute approximate surface area is 179 Å². The number of hydrogen-bond acceptors (Lipinski definition) is 4. The Morgan fingerprint density at radius 2 is 1.86 bits per heavy atom. The van der Waals surface area contributed by atoms with E-state index >= 15 is 0 Å². The SMILES string of the molecule is CC(C)(C)c1ccc(OCC(=O)NCc2ccc(NS(C)(=O)=O)c(F)c2)c(Br)c1. The van der Waals surface area contributed by atoms with Gasteiger partial charge in [0.25, 0.3) is 5.91 Å². The van der Waals surface area contributed by atoms with Gasteiger partial charge in [-0.05, 0) is 56.7 Å². The number of anilines is 1. The second-order valence-electron chi connectivity index (χ2n) is 7.65. The average Bonchev–Trinajstić information content (AvgIpc) is 2.59. The Bertz CT molecular complexity index is 1000. The molecule has 0 spiro atoms. The minimum Gasteiger partial charge on any atom is -0.483 e. The van der Waals surface area contributed by atoms with E-state index in [0.717, 1.165) is 22.4 Å². The molecule has 9 heteroatoms. The fraction of sp³-hybridized carbons (Fsp3) is 0.350. The molecule has 0 bridgehead atoms. The zero-order valence-corrected chi connectivity index (χ0v) is 19.1. The zero-order valence-electron chi connectivity index (χ0n) is 16.7. The average molecular weight is 487 g/mol. The highest BCUT2D eigenvalue weighted by atomic mass is 79.9. The van der Waals surface area contributed by atoms with Crippen LogP contribution in [0.5, 0.6) is 5.75 Å². The van der Waals surface area contributed by atoms with Crippen LogP contribution in [0.2, 0.25) is 0 Å². The molecule has 2 rings (SSSR count). The van der Waals surface area contributed by atoms with Gasteiger partial charge in [-0.1, -0.05) is 32.9 Å². The maximum atomic E-state index is 14.0. The molecule has 0 aliphatic heterocycles. The number of benzene rings is 2. The maximum absolute atomic E-state index is 14.0. The molecule has 6 nitrogen and oxygen atoms in total. The molecule has 0 unspecified atom stereocenters. The van der Waals surface area contributed by atoms with Crippen LogP contribution in [-0.2, 0) is 26.8 Å². The first-order chi connectivity index (χ1) is 13.3. The van der Waals surface area contributed by atoms with E-state index < -0.39 is 15.8 Å². The molecule has 0 radical (unpaired) electrons. The van der Waals surface area contributed by atoms with Crippen molar-refractivity contribution in [1.29, 1.82) is 0 Å². The summed E-state index contributed by atoms with van der Waals surface area (Å²) in [6.07, 6.45) is 0.940. The lowest BCUT2D eigenvalue weighted by Crippen LogP contribution is -2.28. The molecule has 2 aromatic carbocycles. The Morgan fingerprint density at radius 1 is 1.17 bits per heavy atom. The van der Waals surface area contributed by atoms with Gasteiger partial charge in [0.1, 0.15) is 11.6 Å². The van der Waals surface area contributed by atoms with Gasteiger partial charge in [0, 0.05) is 6.54 Å². The van der Waals surface area contributed by atoms with Gasteiger partial charge in [0.2, 0.25) is 10.0 Å². The van der Waals surface area contributed by atoms with E-state index in [0.29, 0.717) is 11.3 Å². The largest absolute Gasteiger partial charge is 0.483 e. The molecule has 1 amide bonds. The summed E-state index contributed by atoms with van der Waals surface area (Å²) in [5.41, 5.74) is 1.48. The second kappa shape index (κ2) is 9.13. The number of rotatable bonds is 7. The molecule has 0 heterocycles. The monoisotopic (exact) mass is 486 g/mol. The van der Waals surface area contributed by atoms with Crippen molar-refractivity contribution in [3.8, 4) is 5.75 Å². The van der Waals surface area contributed by atoms with Crippen molar-refractivity contribution in [1.82, 2.24) is 5.32 Å². The fourth-order valence-electron chi connectivity index (χ4n) is 2.43. The van der Waals surface area contributed by atoms with Gasteiger partial charge in [0.05, 0.1) is 16.4 Å². The predicted octanol–water partition coefficient (Wildman–Crippen LogP) is 3.95. The summed E-state index contributed by atoms with van der Waals surface area (Å²) in [5, 5.41) is 2.63. The van der Waals surface area contributed by atoms with Gasteiger partial charge in [-0.3, -0.25) is 9.52 Å². The number of nitrogens with one attached hydrogen (secondary N) is 2. The maximum Gasteiger partial charge on any atom is 0.258 e. The van der Waals surface area contributed by atoms with E-state index in [2.05, 4.69) is 46.7 Å². The van der Waals surface area contributed by atoms with Gasteiger partial charge in [0.15, 0.2) is 6.61 Å². The lowest BCUT2D eigenvalue weighted by molar-refractivity contribution is -0.123. The summed E-state index contributed by atoms with van der Waals surface area (Å²) in [5.74, 6) is -0.535. The summed E-state index contributed by atoms with van der Waals surface area (Å²) in [7, 11) is -3.57. The zero-order chi connectivity index (χ0) is 21.8. The van der Waals surface area contributed by atoms with Crippen LogP contribution in [0.15, 0.2) is 40.9 Å². The van der Waals surface area contributed by atoms with Gasteiger partial charge >= 0.3 is 0 Å². The fourth-order valence-corrected chi connectivity index (χ4v) is 3.49. The molecule has 158 valence electrons. The van der Waals surface area contributed by atoms with Crippen molar-refractivity contribution in [3.05, 3.63) is 57.8 Å². The highest BCUT2D eigenvalue weighted by Crippen LogP contribution is 2.31. The number of halogens is 2. The van der Waals surface area contributed by atoms with Crippen LogP contribution < -0.4 is 14.8 Å². The topological polar surface area (TPSA) is 84.5 Å². The molecule has 0 saturated heterocycles. The Morgan fingerprint density at radius 3 is 2.41 bits per heavy atom. The van der Waals surface area contributed by atoms with Crippen LogP contribution in [-0.4, -0.2) is 27.2 Å². The van der Waals surface area contributed by atoms with Crippen LogP contribution in [0.3, 0.4) is 0 Å². The van der Waals surface area contributed by atoms with E-state index in [-0.39, 0.29) is 30.2 Å². The summed E-state index contributed by atoms with van der Waals surface area (Å²) >= 11 is 3.45. The third-order valence-corrected chi connectivity index (χ3v) is 5.19. The van der Waals surface area contributed by atoms with Crippen LogP contribution in [0, 0.1) is 5.82 Å². The molecule has 0 atom stereocenters. The first kappa shape index (κ1) is 23.2. The second-order valence-corrected chi connectivity index (χ2v) is 10.3. The number of carbonyl (C=O) groups excluding carboxylic acids is 1. The smallest absolute Gasteiger partial charge is 0.258 e. The molecule has 0 aliphatic carbocycles. The molecule has 2 aromatic rings. The molecule has 29 heavy (non-hydrogen) atoms. The first-order valence-electron chi connectivity index (χ1n) is 8.81. The lowest BCUT2D eigenvalue weighted by atomic mass is 9.87. The normalized spacial score (nSPS) is 11.8. The van der Waals surface area contributed by atoms with Crippen molar-refractivity contribution in [2.75, 3.05) is 17.6 Å². The highest BCUT2D eigenvalue weighted by Gasteiger charge is 2.16. The Kier molecular flexibility index (Phi) is 7.29. The number of ether oxygens (including phenoxy) is 1. The van der Waals surface area contributed by atoms with Gasteiger partial charge in [-0.15, -0.1) is 0 Å². The third kappa shape index (κ3) is 7.32. The van der Waals surface area contributed by atoms with E-state index in [1.165, 1.54) is 12.1 Å². The molecule has 0 aliphatic rings. The standard InChI is InChI=1S/C20H24BrFN2O4S/c1-20(2,3)14-6-8-18(15(21)10-14)28-12-19(25)23-11-13-5-7-17(16(22)9-13)24-29(4,26)27/h5-10,24H,11-12H2,1-4H3,(H,23,25). The van der Waals surface area contributed by atoms with Gasteiger partial charge < -0.3 is 10.1 Å². The Balaban J connectivity index is 1.90. The molecular formula is C20H24BrFN2O4S. The first-order valence-corrected chi connectivity index (χ1v) is 11.5. The molecule has 0 aromatic heterocycles. The van der Waals surface area contributed by atoms with Crippen LogP contribution >= 0.6 is 15.9 Å². The van der Waals surface area contributed by atoms with Crippen LogP contribution in [0.25, 0.3) is 0 Å². The third-order valence-electron chi connectivity index (χ3n) is 3.98. The van der Waals surface area contributed by atoms with Gasteiger partial charge in [-0.25, -0.2) is 12.8 Å². The molecule has 2 N–H and O–H groups in total. The van der Waals surface area contributed by atoms with Crippen molar-refractivity contribution in [3.63, 3.8) is 0 Å². The van der Waals surface area contributed by atoms with E-state index in [4.69, 9.17) is 4.74 Å². The van der Waals surface area contributed by atoms with Crippen LogP contribution in [0.4, 0.5) is 10.1 Å². The quantitative estimate of drug-likeness (QED) is 0.620. The molecule has 0 fully saturated rings. The number of hydrogen-bond donors (Lipinski definition) is 2. The highest BCUT2D eigenvalue weighted by molar-refractivity contribution is 9.10. The minimum absolute atomic E-state index is 0.0000819. The van der Waals surface area contributed by atoms with E-state index in [9.17, 15) is 17.6 Å². The minimum atomic E-state index is -3.57. The number of sulfonamides is 1. The molecular weight excluding hydrogens is 463 g/mol. The summed E-state index contributed by atoms with van der Waals surface area (Å²) < 4.78 is 44.7. The predicted molar refractivity (Wildman–Crippen MR) is 115 cm³/mol. The van der Waals surface area contributed by atoms with Crippen molar-refractivity contribution < 1.29 is 22.3 Å². The summed E-state index contributed by atoms with van der Waals surface area (Å²) in [6, 6.07) is 9.72.